The van der Waals surface area contributed by atoms with E-state index in [0.717, 1.165) is 29.5 Å². The van der Waals surface area contributed by atoms with Crippen molar-refractivity contribution in [3.63, 3.8) is 0 Å². The molecule has 0 saturated carbocycles. The number of ether oxygens (including phenoxy) is 2. The van der Waals surface area contributed by atoms with Crippen LogP contribution in [0, 0.1) is 11.6 Å². The maximum atomic E-state index is 13.3. The topological polar surface area (TPSA) is 18.5 Å². The zero-order valence-corrected chi connectivity index (χ0v) is 9.82. The largest absolute Gasteiger partial charge is 0.497 e. The molecule has 0 aliphatic carbocycles. The van der Waals surface area contributed by atoms with Crippen molar-refractivity contribution in [2.75, 3.05) is 7.11 Å². The predicted octanol–water partition coefficient (Wildman–Crippen LogP) is 3.55. The highest BCUT2D eigenvalue weighted by Gasteiger charge is 2.05. The molecule has 0 fully saturated rings. The van der Waals surface area contributed by atoms with Gasteiger partial charge in [0.1, 0.15) is 18.2 Å². The number of rotatable bonds is 4. The summed E-state index contributed by atoms with van der Waals surface area (Å²) < 4.78 is 36.4. The summed E-state index contributed by atoms with van der Waals surface area (Å²) in [5.74, 6) is -0.465. The van der Waals surface area contributed by atoms with Crippen molar-refractivity contribution in [1.82, 2.24) is 0 Å². The van der Waals surface area contributed by atoms with Crippen LogP contribution >= 0.6 is 0 Å². The fourth-order valence-electron chi connectivity index (χ4n) is 1.47. The van der Waals surface area contributed by atoms with E-state index in [1.165, 1.54) is 0 Å². The molecule has 0 amide bonds. The summed E-state index contributed by atoms with van der Waals surface area (Å²) in [4.78, 5) is 0. The highest BCUT2D eigenvalue weighted by molar-refractivity contribution is 5.28. The van der Waals surface area contributed by atoms with Crippen LogP contribution in [0.1, 0.15) is 5.56 Å². The Kier molecular flexibility index (Phi) is 3.77. The molecule has 0 unspecified atom stereocenters. The minimum Gasteiger partial charge on any atom is -0.497 e. The molecule has 2 rings (SSSR count). The lowest BCUT2D eigenvalue weighted by atomic mass is 10.2. The third-order valence-electron chi connectivity index (χ3n) is 2.45. The molecule has 2 aromatic carbocycles. The summed E-state index contributed by atoms with van der Waals surface area (Å²) in [5.41, 5.74) is 0.847. The highest BCUT2D eigenvalue weighted by Crippen LogP contribution is 2.20. The lowest BCUT2D eigenvalue weighted by molar-refractivity contribution is 0.288. The molecule has 4 heteroatoms. The molecular weight excluding hydrogens is 238 g/mol. The molecule has 0 aromatic heterocycles. The van der Waals surface area contributed by atoms with Gasteiger partial charge in [-0.1, -0.05) is 12.1 Å². The van der Waals surface area contributed by atoms with Gasteiger partial charge in [0, 0.05) is 6.07 Å². The molecule has 2 nitrogen and oxygen atoms in total. The number of hydrogen-bond acceptors (Lipinski definition) is 2. The van der Waals surface area contributed by atoms with Crippen LogP contribution in [-0.4, -0.2) is 7.11 Å². The Morgan fingerprint density at radius 2 is 1.72 bits per heavy atom. The van der Waals surface area contributed by atoms with Crippen LogP contribution in [0.3, 0.4) is 0 Å². The summed E-state index contributed by atoms with van der Waals surface area (Å²) in [5, 5.41) is 0. The maximum Gasteiger partial charge on any atom is 0.165 e. The normalized spacial score (nSPS) is 10.2. The van der Waals surface area contributed by atoms with Crippen molar-refractivity contribution in [2.45, 2.75) is 6.61 Å². The molecule has 2 aromatic rings. The van der Waals surface area contributed by atoms with E-state index in [9.17, 15) is 8.78 Å². The van der Waals surface area contributed by atoms with Gasteiger partial charge in [-0.15, -0.1) is 0 Å². The van der Waals surface area contributed by atoms with E-state index in [2.05, 4.69) is 0 Å². The molecule has 18 heavy (non-hydrogen) atoms. The second-order valence-corrected chi connectivity index (χ2v) is 3.71. The van der Waals surface area contributed by atoms with Crippen molar-refractivity contribution in [3.8, 4) is 11.5 Å². The summed E-state index contributed by atoms with van der Waals surface area (Å²) >= 11 is 0. The van der Waals surface area contributed by atoms with Gasteiger partial charge in [0.2, 0.25) is 0 Å². The fraction of sp³-hybridized carbons (Fsp3) is 0.143. The molecule has 0 spiro atoms. The van der Waals surface area contributed by atoms with Crippen LogP contribution in [0.5, 0.6) is 11.5 Å². The van der Waals surface area contributed by atoms with Crippen LogP contribution in [0.25, 0.3) is 0 Å². The molecule has 0 aliphatic heterocycles. The molecule has 0 N–H and O–H groups in total. The van der Waals surface area contributed by atoms with Crippen molar-refractivity contribution in [1.29, 1.82) is 0 Å². The third-order valence-corrected chi connectivity index (χ3v) is 2.45. The van der Waals surface area contributed by atoms with Crippen molar-refractivity contribution in [3.05, 3.63) is 59.7 Å². The molecule has 0 bridgehead atoms. The van der Waals surface area contributed by atoms with E-state index in [-0.39, 0.29) is 12.4 Å². The average molecular weight is 250 g/mol. The fourth-order valence-corrected chi connectivity index (χ4v) is 1.47. The number of hydrogen-bond donors (Lipinski definition) is 0. The summed E-state index contributed by atoms with van der Waals surface area (Å²) in [6.07, 6.45) is 0. The monoisotopic (exact) mass is 250 g/mol. The Labute approximate surface area is 104 Å². The first kappa shape index (κ1) is 12.4. The lowest BCUT2D eigenvalue weighted by Gasteiger charge is -2.08. The van der Waals surface area contributed by atoms with Gasteiger partial charge in [0.15, 0.2) is 11.6 Å². The smallest absolute Gasteiger partial charge is 0.165 e. The van der Waals surface area contributed by atoms with E-state index in [0.29, 0.717) is 0 Å². The van der Waals surface area contributed by atoms with Gasteiger partial charge in [0.05, 0.1) is 7.11 Å². The summed E-state index contributed by atoms with van der Waals surface area (Å²) in [7, 11) is 1.58. The Bertz CT molecular complexity index is 524. The van der Waals surface area contributed by atoms with E-state index in [1.807, 2.05) is 0 Å². The van der Waals surface area contributed by atoms with Gasteiger partial charge in [-0.05, 0) is 29.8 Å². The van der Waals surface area contributed by atoms with Crippen LogP contribution in [0.2, 0.25) is 0 Å². The zero-order chi connectivity index (χ0) is 13.0. The van der Waals surface area contributed by atoms with Crippen LogP contribution in [0.4, 0.5) is 8.78 Å². The SMILES string of the molecule is COc1ccc(COc2cc(F)ccc2F)cc1. The van der Waals surface area contributed by atoms with Crippen LogP contribution in [-0.2, 0) is 6.61 Å². The number of methoxy groups -OCH3 is 1. The predicted molar refractivity (Wildman–Crippen MR) is 63.7 cm³/mol. The van der Waals surface area contributed by atoms with Gasteiger partial charge in [-0.3, -0.25) is 0 Å². The van der Waals surface area contributed by atoms with Crippen molar-refractivity contribution >= 4 is 0 Å². The first-order valence-electron chi connectivity index (χ1n) is 5.40. The quantitative estimate of drug-likeness (QED) is 0.826. The van der Waals surface area contributed by atoms with Crippen LogP contribution < -0.4 is 9.47 Å². The second kappa shape index (κ2) is 5.49. The summed E-state index contributed by atoms with van der Waals surface area (Å²) in [6, 6.07) is 10.3. The van der Waals surface area contributed by atoms with Crippen molar-refractivity contribution < 1.29 is 18.3 Å². The van der Waals surface area contributed by atoms with E-state index < -0.39 is 11.6 Å². The summed E-state index contributed by atoms with van der Waals surface area (Å²) in [6.45, 7) is 0.171. The lowest BCUT2D eigenvalue weighted by Crippen LogP contribution is -1.98. The van der Waals surface area contributed by atoms with E-state index in [4.69, 9.17) is 9.47 Å². The molecule has 0 radical (unpaired) electrons. The zero-order valence-electron chi connectivity index (χ0n) is 9.82. The van der Waals surface area contributed by atoms with Gasteiger partial charge in [-0.25, -0.2) is 8.78 Å². The molecule has 94 valence electrons. The van der Waals surface area contributed by atoms with E-state index in [1.54, 1.807) is 31.4 Å². The Morgan fingerprint density at radius 1 is 1.00 bits per heavy atom. The number of benzene rings is 2. The van der Waals surface area contributed by atoms with E-state index >= 15 is 0 Å². The molecule has 0 aliphatic rings. The third kappa shape index (κ3) is 2.97. The van der Waals surface area contributed by atoms with Gasteiger partial charge in [-0.2, -0.15) is 0 Å². The van der Waals surface area contributed by atoms with Gasteiger partial charge < -0.3 is 9.47 Å². The molecule has 0 saturated heterocycles. The Balaban J connectivity index is 2.04. The standard InChI is InChI=1S/C14H12F2O2/c1-17-12-5-2-10(3-6-12)9-18-14-8-11(15)4-7-13(14)16/h2-8H,9H2,1H3. The first-order chi connectivity index (χ1) is 8.69. The Hall–Kier alpha value is -2.10. The first-order valence-corrected chi connectivity index (χ1v) is 5.40. The second-order valence-electron chi connectivity index (χ2n) is 3.71. The minimum atomic E-state index is -0.579. The average Bonchev–Trinajstić information content (AvgIpc) is 2.40. The van der Waals surface area contributed by atoms with Crippen molar-refractivity contribution in [2.24, 2.45) is 0 Å². The maximum absolute atomic E-state index is 13.3. The Morgan fingerprint density at radius 3 is 2.39 bits per heavy atom. The molecule has 0 heterocycles. The number of halogens is 2. The molecular formula is C14H12F2O2. The minimum absolute atomic E-state index is 0.0918. The highest BCUT2D eigenvalue weighted by atomic mass is 19.1. The van der Waals surface area contributed by atoms with Gasteiger partial charge in [0.25, 0.3) is 0 Å². The van der Waals surface area contributed by atoms with Gasteiger partial charge >= 0.3 is 0 Å². The molecule has 0 atom stereocenters. The van der Waals surface area contributed by atoms with Crippen LogP contribution in [0.15, 0.2) is 42.5 Å².